The monoisotopic (exact) mass is 1030 g/mol. The molecule has 0 unspecified atom stereocenters. The number of aliphatic hydroxyl groups is 2. The second-order valence-electron chi connectivity index (χ2n) is 19.3. The molecule has 1 aliphatic heterocycles. The van der Waals surface area contributed by atoms with E-state index < -0.39 is 126 Å². The van der Waals surface area contributed by atoms with Crippen LogP contribution in [0.5, 0.6) is 0 Å². The highest BCUT2D eigenvalue weighted by Gasteiger charge is 2.38. The van der Waals surface area contributed by atoms with Crippen LogP contribution < -0.4 is 65.5 Å². The number of hydrogen-bond donors (Lipinski definition) is 14. The molecule has 27 nitrogen and oxygen atoms in total. The summed E-state index contributed by atoms with van der Waals surface area (Å²) in [6.45, 7) is 7.26. The zero-order chi connectivity index (χ0) is 54.9. The van der Waals surface area contributed by atoms with Crippen LogP contribution >= 0.6 is 0 Å². The molecule has 9 amide bonds. The largest absolute Gasteiger partial charge is 0.394 e. The Bertz CT molecular complexity index is 1860. The van der Waals surface area contributed by atoms with Gasteiger partial charge in [0.25, 0.3) is 0 Å². The summed E-state index contributed by atoms with van der Waals surface area (Å²) in [7, 11) is 5.94. The number of amides is 9. The van der Waals surface area contributed by atoms with Crippen molar-refractivity contribution >= 4 is 65.4 Å². The first-order valence-electron chi connectivity index (χ1n) is 24.5. The van der Waals surface area contributed by atoms with E-state index in [0.717, 1.165) is 0 Å². The van der Waals surface area contributed by atoms with Gasteiger partial charge in [-0.15, -0.1) is 0 Å². The predicted molar refractivity (Wildman–Crippen MR) is 265 cm³/mol. The van der Waals surface area contributed by atoms with Gasteiger partial charge in [-0.05, 0) is 105 Å². The van der Waals surface area contributed by atoms with Crippen molar-refractivity contribution in [2.24, 2.45) is 27.9 Å². The van der Waals surface area contributed by atoms with E-state index in [2.05, 4.69) is 47.5 Å². The van der Waals surface area contributed by atoms with Gasteiger partial charge in [-0.2, -0.15) is 0 Å². The van der Waals surface area contributed by atoms with Crippen LogP contribution in [0.1, 0.15) is 98.8 Å². The fraction of sp³-hybridized carbons (Fsp3) is 0.756. The van der Waals surface area contributed by atoms with Crippen LogP contribution in [-0.4, -0.2) is 205 Å². The third-order valence-corrected chi connectivity index (χ3v) is 11.6. The molecule has 1 rings (SSSR count). The van der Waals surface area contributed by atoms with Gasteiger partial charge in [0, 0.05) is 13.1 Å². The molecular formula is C45H84N15O12+. The molecule has 1 heterocycles. The number of aliphatic hydroxyl groups excluding tert-OH is 2. The summed E-state index contributed by atoms with van der Waals surface area (Å²) in [5, 5.41) is 40.2. The van der Waals surface area contributed by atoms with Gasteiger partial charge in [0.2, 0.25) is 53.2 Å². The van der Waals surface area contributed by atoms with Gasteiger partial charge >= 0.3 is 0 Å². The molecule has 0 saturated carbocycles. The number of rotatable bonds is 33. The van der Waals surface area contributed by atoms with Crippen LogP contribution in [0.2, 0.25) is 0 Å². The number of nitrogens with two attached hydrogens (primary N) is 4. The third kappa shape index (κ3) is 23.5. The average Bonchev–Trinajstić information content (AvgIpc) is 3.81. The lowest BCUT2D eigenvalue weighted by atomic mass is 10.0. The molecule has 1 saturated heterocycles. The Morgan fingerprint density at radius 1 is 0.653 bits per heavy atom. The number of nitrogens with zero attached hydrogens (tertiary/aromatic N) is 3. The number of likely N-dealkylation sites (tertiary alicyclic amines) is 1. The molecule has 0 radical (unpaired) electrons. The van der Waals surface area contributed by atoms with Crippen LogP contribution in [-0.2, 0) is 47.9 Å². The quantitative estimate of drug-likeness (QED) is 0.00956. The minimum atomic E-state index is -1.59. The number of quaternary nitrogens is 1. The van der Waals surface area contributed by atoms with Crippen molar-refractivity contribution in [3.63, 3.8) is 0 Å². The van der Waals surface area contributed by atoms with E-state index in [4.69, 9.17) is 22.9 Å². The number of unbranched alkanes of at least 4 members (excludes halogenated alkanes) is 2. The zero-order valence-electron chi connectivity index (χ0n) is 43.2. The highest BCUT2D eigenvalue weighted by atomic mass is 16.3. The highest BCUT2D eigenvalue weighted by Crippen LogP contribution is 2.19. The topological polar surface area (TPSA) is 427 Å². The standard InChI is InChI=1S/C45H83N15O12/c1-25(23-61)51-42(70)34-18-14-21-59(34)44(72)28(4)54-41(69)33(24-62)58-40(68)31(16-10-12-22-60(6,7)8)56-39(67)32(17-13-20-50-45(48)49)55-37(65)27(3)52-36(64)26(2)53-38(66)30(15-9-11-19-46)57-43(71)35(47)29(5)63/h23,25-35,62-63H,9-22,24,46-47H2,1-8H3,(H11-,48,49,50,51,52,53,54,55,56,57,58,64,65,66,67,68,69,70,71)/p+1/t25-,26-,27-,28-,29+,30-,31-,32-,33-,34-,35-/m0/s1. The van der Waals surface area contributed by atoms with Crippen molar-refractivity contribution in [2.45, 2.75) is 165 Å². The van der Waals surface area contributed by atoms with Crippen molar-refractivity contribution in [3.05, 3.63) is 0 Å². The molecule has 1 aliphatic rings. The molecule has 0 aromatic heterocycles. The minimum absolute atomic E-state index is 0.0539. The van der Waals surface area contributed by atoms with E-state index in [1.807, 2.05) is 21.1 Å². The van der Waals surface area contributed by atoms with E-state index in [1.165, 1.54) is 39.5 Å². The molecule has 410 valence electrons. The molecule has 1 fully saturated rings. The Morgan fingerprint density at radius 2 is 1.11 bits per heavy atom. The van der Waals surface area contributed by atoms with Crippen molar-refractivity contribution in [3.8, 4) is 0 Å². The first-order chi connectivity index (χ1) is 33.7. The molecule has 27 heteroatoms. The molecule has 0 bridgehead atoms. The smallest absolute Gasteiger partial charge is 0.245 e. The number of carbonyl (C=O) groups excluding carboxylic acids is 10. The predicted octanol–water partition coefficient (Wildman–Crippen LogP) is -6.11. The van der Waals surface area contributed by atoms with Crippen LogP contribution in [0.3, 0.4) is 0 Å². The Labute approximate surface area is 421 Å². The summed E-state index contributed by atoms with van der Waals surface area (Å²) in [4.78, 5) is 137. The van der Waals surface area contributed by atoms with Gasteiger partial charge in [0.1, 0.15) is 60.7 Å². The van der Waals surface area contributed by atoms with Crippen LogP contribution in [0, 0.1) is 0 Å². The lowest BCUT2D eigenvalue weighted by Gasteiger charge is -2.29. The molecule has 0 aromatic carbocycles. The van der Waals surface area contributed by atoms with Gasteiger partial charge < -0.3 is 89.9 Å². The highest BCUT2D eigenvalue weighted by molar-refractivity contribution is 5.98. The van der Waals surface area contributed by atoms with Gasteiger partial charge in [-0.1, -0.05) is 0 Å². The van der Waals surface area contributed by atoms with Crippen LogP contribution in [0.4, 0.5) is 0 Å². The number of guanidine groups is 1. The number of aliphatic imine (C=N–C) groups is 1. The maximum Gasteiger partial charge on any atom is 0.245 e. The van der Waals surface area contributed by atoms with Crippen molar-refractivity contribution in [2.75, 3.05) is 53.9 Å². The summed E-state index contributed by atoms with van der Waals surface area (Å²) < 4.78 is 0.603. The number of hydrogen-bond acceptors (Lipinski definition) is 15. The number of aldehydes is 1. The Hall–Kier alpha value is -6.03. The van der Waals surface area contributed by atoms with Crippen LogP contribution in [0.25, 0.3) is 0 Å². The molecule has 11 atom stereocenters. The summed E-state index contributed by atoms with van der Waals surface area (Å²) in [6, 6.07) is -12.1. The van der Waals surface area contributed by atoms with Crippen molar-refractivity contribution < 1.29 is 62.6 Å². The lowest BCUT2D eigenvalue weighted by molar-refractivity contribution is -0.870. The van der Waals surface area contributed by atoms with Crippen molar-refractivity contribution in [1.29, 1.82) is 0 Å². The number of carbonyl (C=O) groups is 10. The maximum atomic E-state index is 14.1. The lowest BCUT2D eigenvalue weighted by Crippen LogP contribution is -2.60. The van der Waals surface area contributed by atoms with E-state index in [-0.39, 0.29) is 44.7 Å². The number of nitrogens with one attached hydrogen (secondary N) is 8. The van der Waals surface area contributed by atoms with E-state index in [0.29, 0.717) is 62.4 Å². The fourth-order valence-electron chi connectivity index (χ4n) is 7.33. The first kappa shape index (κ1) is 64.0. The van der Waals surface area contributed by atoms with Gasteiger partial charge in [-0.25, -0.2) is 0 Å². The van der Waals surface area contributed by atoms with E-state index in [1.54, 1.807) is 0 Å². The van der Waals surface area contributed by atoms with Gasteiger partial charge in [0.05, 0.1) is 46.4 Å². The van der Waals surface area contributed by atoms with Gasteiger partial charge in [-0.3, -0.25) is 48.1 Å². The zero-order valence-corrected chi connectivity index (χ0v) is 43.2. The Kier molecular flexibility index (Phi) is 28.6. The van der Waals surface area contributed by atoms with E-state index in [9.17, 15) is 58.2 Å². The van der Waals surface area contributed by atoms with E-state index >= 15 is 0 Å². The fourth-order valence-corrected chi connectivity index (χ4v) is 7.33. The maximum absolute atomic E-state index is 14.1. The summed E-state index contributed by atoms with van der Waals surface area (Å²) in [6.07, 6.45) is 2.50. The van der Waals surface area contributed by atoms with Crippen LogP contribution in [0.15, 0.2) is 4.99 Å². The third-order valence-electron chi connectivity index (χ3n) is 11.6. The second kappa shape index (κ2) is 32.1. The molecule has 18 N–H and O–H groups in total. The molecule has 0 aromatic rings. The Morgan fingerprint density at radius 3 is 1.62 bits per heavy atom. The normalized spacial score (nSPS) is 17.6. The average molecular weight is 1030 g/mol. The molecule has 0 aliphatic carbocycles. The van der Waals surface area contributed by atoms with Gasteiger partial charge in [0.15, 0.2) is 5.96 Å². The minimum Gasteiger partial charge on any atom is -0.394 e. The first-order valence-corrected chi connectivity index (χ1v) is 24.5. The van der Waals surface area contributed by atoms with Crippen molar-refractivity contribution in [1.82, 2.24) is 47.4 Å². The molecule has 72 heavy (non-hydrogen) atoms. The molecular weight excluding hydrogens is 943 g/mol. The summed E-state index contributed by atoms with van der Waals surface area (Å²) in [5.74, 6) is -7.11. The summed E-state index contributed by atoms with van der Waals surface area (Å²) in [5.41, 5.74) is 22.3. The summed E-state index contributed by atoms with van der Waals surface area (Å²) >= 11 is 0. The Balaban J connectivity index is 3.26. The second-order valence-corrected chi connectivity index (χ2v) is 19.3. The SMILES string of the molecule is C[C@H](NC(=O)[C@H](C)NC(=O)[C@H](CCCCN)NC(=O)[C@@H](N)[C@@H](C)O)C(=O)N[C@@H](CCCN=C(N)N)C(=O)N[C@@H](CCCC[N+](C)(C)C)C(=O)N[C@@H](CO)C(=O)N[C@@H](C)C(=O)N1CCC[C@H]1C(=O)N[C@@H](C)C=O. The molecule has 0 spiro atoms.